The highest BCUT2D eigenvalue weighted by molar-refractivity contribution is 7.99. The molecule has 0 aliphatic carbocycles. The summed E-state index contributed by atoms with van der Waals surface area (Å²) >= 11 is 2.01. The molecule has 2 aromatic heterocycles. The highest BCUT2D eigenvalue weighted by atomic mass is 32.2. The molecule has 1 atom stereocenters. The lowest BCUT2D eigenvalue weighted by Crippen LogP contribution is -2.36. The number of nitrogens with zero attached hydrogens (tertiary/aromatic N) is 6. The molecule has 0 radical (unpaired) electrons. The van der Waals surface area contributed by atoms with Crippen LogP contribution in [0.4, 0.5) is 0 Å². The zero-order valence-corrected chi connectivity index (χ0v) is 12.0. The monoisotopic (exact) mass is 278 g/mol. The Morgan fingerprint density at radius 3 is 2.95 bits per heavy atom. The first-order valence-corrected chi connectivity index (χ1v) is 7.52. The first-order chi connectivity index (χ1) is 9.24. The van der Waals surface area contributed by atoms with Crippen molar-refractivity contribution in [3.8, 4) is 0 Å². The van der Waals surface area contributed by atoms with Crippen LogP contribution in [0.2, 0.25) is 0 Å². The van der Waals surface area contributed by atoms with Crippen LogP contribution in [0.25, 0.3) is 0 Å². The normalized spacial score (nSPS) is 20.8. The van der Waals surface area contributed by atoms with Crippen molar-refractivity contribution in [1.29, 1.82) is 0 Å². The van der Waals surface area contributed by atoms with Gasteiger partial charge in [0, 0.05) is 49.9 Å². The van der Waals surface area contributed by atoms with E-state index < -0.39 is 0 Å². The average Bonchev–Trinajstić information content (AvgIpc) is 3.00. The molecule has 102 valence electrons. The number of aromatic nitrogens is 5. The van der Waals surface area contributed by atoms with Crippen molar-refractivity contribution in [2.75, 3.05) is 18.1 Å². The van der Waals surface area contributed by atoms with Crippen molar-refractivity contribution < 1.29 is 0 Å². The van der Waals surface area contributed by atoms with Gasteiger partial charge in [0.05, 0.1) is 12.7 Å². The van der Waals surface area contributed by atoms with Crippen LogP contribution in [0.5, 0.6) is 0 Å². The lowest BCUT2D eigenvalue weighted by atomic mass is 10.1. The number of hydrogen-bond donors (Lipinski definition) is 0. The number of aryl methyl sites for hydroxylation is 2. The van der Waals surface area contributed by atoms with E-state index in [2.05, 4.69) is 26.3 Å². The third kappa shape index (κ3) is 2.66. The van der Waals surface area contributed by atoms with Gasteiger partial charge < -0.3 is 0 Å². The Morgan fingerprint density at radius 2 is 2.26 bits per heavy atom. The quantitative estimate of drug-likeness (QED) is 0.833. The molecule has 19 heavy (non-hydrogen) atoms. The molecule has 6 nitrogen and oxygen atoms in total. The summed E-state index contributed by atoms with van der Waals surface area (Å²) in [5.74, 6) is 3.30. The summed E-state index contributed by atoms with van der Waals surface area (Å²) < 4.78 is 3.72. The van der Waals surface area contributed by atoms with Gasteiger partial charge in [-0.2, -0.15) is 22.0 Å². The van der Waals surface area contributed by atoms with Crippen LogP contribution in [0.1, 0.15) is 17.4 Å². The number of rotatable bonds is 3. The Morgan fingerprint density at radius 1 is 1.37 bits per heavy atom. The second-order valence-corrected chi connectivity index (χ2v) is 5.96. The summed E-state index contributed by atoms with van der Waals surface area (Å²) in [5, 5.41) is 8.43. The molecular formula is C12H18N6S. The standard InChI is InChI=1S/C12H18N6S/c1-16-6-10(5-14-16)11-8-19-4-3-18(11)7-12-13-9-15-17(12)2/h5-6,9,11H,3-4,7-8H2,1-2H3/t11-/m1/s1. The second-order valence-electron chi connectivity index (χ2n) is 4.81. The highest BCUT2D eigenvalue weighted by Gasteiger charge is 2.26. The van der Waals surface area contributed by atoms with Crippen molar-refractivity contribution in [3.63, 3.8) is 0 Å². The molecule has 2 aromatic rings. The van der Waals surface area contributed by atoms with Gasteiger partial charge >= 0.3 is 0 Å². The molecule has 0 N–H and O–H groups in total. The Labute approximate surface area is 116 Å². The maximum Gasteiger partial charge on any atom is 0.140 e. The van der Waals surface area contributed by atoms with Gasteiger partial charge in [0.25, 0.3) is 0 Å². The van der Waals surface area contributed by atoms with Crippen molar-refractivity contribution in [1.82, 2.24) is 29.4 Å². The summed E-state index contributed by atoms with van der Waals surface area (Å²) in [6, 6.07) is 0.421. The molecule has 1 fully saturated rings. The zero-order chi connectivity index (χ0) is 13.2. The molecule has 0 bridgehead atoms. The lowest BCUT2D eigenvalue weighted by molar-refractivity contribution is 0.204. The van der Waals surface area contributed by atoms with Gasteiger partial charge in [-0.05, 0) is 0 Å². The largest absolute Gasteiger partial charge is 0.287 e. The third-order valence-electron chi connectivity index (χ3n) is 3.50. The third-order valence-corrected chi connectivity index (χ3v) is 4.52. The molecule has 0 unspecified atom stereocenters. The van der Waals surface area contributed by atoms with Crippen LogP contribution in [-0.2, 0) is 20.6 Å². The van der Waals surface area contributed by atoms with E-state index in [-0.39, 0.29) is 0 Å². The maximum absolute atomic E-state index is 4.33. The van der Waals surface area contributed by atoms with Gasteiger partial charge in [0.15, 0.2) is 0 Å². The van der Waals surface area contributed by atoms with Crippen LogP contribution >= 0.6 is 11.8 Å². The Kier molecular flexibility index (Phi) is 3.56. The minimum absolute atomic E-state index is 0.421. The second kappa shape index (κ2) is 5.34. The molecule has 1 aliphatic heterocycles. The Balaban J connectivity index is 1.79. The van der Waals surface area contributed by atoms with E-state index in [4.69, 9.17) is 0 Å². The van der Waals surface area contributed by atoms with Gasteiger partial charge in [0.2, 0.25) is 0 Å². The summed E-state index contributed by atoms with van der Waals surface area (Å²) in [7, 11) is 3.91. The van der Waals surface area contributed by atoms with E-state index in [1.807, 2.05) is 41.4 Å². The van der Waals surface area contributed by atoms with E-state index in [1.165, 1.54) is 11.3 Å². The summed E-state index contributed by atoms with van der Waals surface area (Å²) in [6.07, 6.45) is 5.70. The lowest BCUT2D eigenvalue weighted by Gasteiger charge is -2.34. The van der Waals surface area contributed by atoms with E-state index in [1.54, 1.807) is 6.33 Å². The van der Waals surface area contributed by atoms with Crippen LogP contribution in [0, 0.1) is 0 Å². The van der Waals surface area contributed by atoms with Crippen molar-refractivity contribution in [3.05, 3.63) is 30.1 Å². The molecule has 0 aromatic carbocycles. The fourth-order valence-corrected chi connectivity index (χ4v) is 3.55. The van der Waals surface area contributed by atoms with E-state index >= 15 is 0 Å². The van der Waals surface area contributed by atoms with Gasteiger partial charge in [-0.25, -0.2) is 4.98 Å². The number of thioether (sulfide) groups is 1. The van der Waals surface area contributed by atoms with Gasteiger partial charge in [0.1, 0.15) is 12.2 Å². The molecule has 7 heteroatoms. The molecule has 1 saturated heterocycles. The van der Waals surface area contributed by atoms with Crippen molar-refractivity contribution in [2.24, 2.45) is 14.1 Å². The summed E-state index contributed by atoms with van der Waals surface area (Å²) in [5.41, 5.74) is 1.29. The van der Waals surface area contributed by atoms with Crippen LogP contribution < -0.4 is 0 Å². The minimum Gasteiger partial charge on any atom is -0.287 e. The Hall–Kier alpha value is -1.34. The molecule has 0 saturated carbocycles. The molecular weight excluding hydrogens is 260 g/mol. The summed E-state index contributed by atoms with van der Waals surface area (Å²) in [4.78, 5) is 6.80. The Bertz CT molecular complexity index is 548. The van der Waals surface area contributed by atoms with Crippen LogP contribution in [0.3, 0.4) is 0 Å². The first kappa shape index (κ1) is 12.7. The van der Waals surface area contributed by atoms with Crippen LogP contribution in [0.15, 0.2) is 18.7 Å². The van der Waals surface area contributed by atoms with Crippen LogP contribution in [-0.4, -0.2) is 47.5 Å². The molecule has 0 amide bonds. The van der Waals surface area contributed by atoms with Gasteiger partial charge in [-0.15, -0.1) is 0 Å². The zero-order valence-electron chi connectivity index (χ0n) is 11.2. The predicted molar refractivity (Wildman–Crippen MR) is 74.7 cm³/mol. The van der Waals surface area contributed by atoms with Gasteiger partial charge in [-0.1, -0.05) is 0 Å². The van der Waals surface area contributed by atoms with Gasteiger partial charge in [-0.3, -0.25) is 14.3 Å². The predicted octanol–water partition coefficient (Wildman–Crippen LogP) is 0.839. The maximum atomic E-state index is 4.33. The van der Waals surface area contributed by atoms with E-state index in [0.29, 0.717) is 6.04 Å². The minimum atomic E-state index is 0.421. The van der Waals surface area contributed by atoms with Crippen molar-refractivity contribution >= 4 is 11.8 Å². The van der Waals surface area contributed by atoms with E-state index in [9.17, 15) is 0 Å². The average molecular weight is 278 g/mol. The summed E-state index contributed by atoms with van der Waals surface area (Å²) in [6.45, 7) is 1.92. The topological polar surface area (TPSA) is 51.8 Å². The first-order valence-electron chi connectivity index (χ1n) is 6.37. The SMILES string of the molecule is Cn1cc([C@H]2CSCCN2Cc2ncnn2C)cn1. The fourth-order valence-electron chi connectivity index (χ4n) is 2.39. The molecule has 0 spiro atoms. The smallest absolute Gasteiger partial charge is 0.140 e. The molecule has 1 aliphatic rings. The van der Waals surface area contributed by atoms with E-state index in [0.717, 1.165) is 24.7 Å². The molecule has 3 heterocycles. The van der Waals surface area contributed by atoms with Crippen molar-refractivity contribution in [2.45, 2.75) is 12.6 Å². The fraction of sp³-hybridized carbons (Fsp3) is 0.583. The number of hydrogen-bond acceptors (Lipinski definition) is 5. The highest BCUT2D eigenvalue weighted by Crippen LogP contribution is 2.30. The molecule has 3 rings (SSSR count).